The molecule has 4 aromatic rings. The van der Waals surface area contributed by atoms with E-state index < -0.39 is 12.1 Å². The van der Waals surface area contributed by atoms with Crippen molar-refractivity contribution in [1.82, 2.24) is 4.98 Å². The standard InChI is InChI=1S/C27H27FN2O4S/c1-2-24(26(31)32)34-22-8-5-7-19(17-22)18-30(27-29-23-9-3-4-10-25(23)35-27)15-6-16-33-21-13-11-20(28)12-14-21/h3-5,7-14,17,24H,2,6,15-16,18H2,1H3,(H,31,32). The van der Waals surface area contributed by atoms with Crippen molar-refractivity contribution in [2.75, 3.05) is 18.1 Å². The maximum atomic E-state index is 13.1. The minimum Gasteiger partial charge on any atom is -0.494 e. The van der Waals surface area contributed by atoms with Gasteiger partial charge in [-0.05, 0) is 66.9 Å². The lowest BCUT2D eigenvalue weighted by Gasteiger charge is -2.22. The fourth-order valence-electron chi connectivity index (χ4n) is 3.62. The van der Waals surface area contributed by atoms with Crippen LogP contribution in [0.1, 0.15) is 25.3 Å². The van der Waals surface area contributed by atoms with Crippen molar-refractivity contribution in [2.45, 2.75) is 32.4 Å². The van der Waals surface area contributed by atoms with E-state index >= 15 is 0 Å². The fourth-order valence-corrected chi connectivity index (χ4v) is 4.61. The van der Waals surface area contributed by atoms with Gasteiger partial charge in [-0.25, -0.2) is 14.2 Å². The second-order valence-corrected chi connectivity index (χ2v) is 9.05. The SMILES string of the molecule is CCC(Oc1cccc(CN(CCCOc2ccc(F)cc2)c2nc3ccccc3s2)c1)C(=O)O. The number of aliphatic carboxylic acids is 1. The highest BCUT2D eigenvalue weighted by molar-refractivity contribution is 7.22. The van der Waals surface area contributed by atoms with Crippen molar-refractivity contribution < 1.29 is 23.8 Å². The van der Waals surface area contributed by atoms with Crippen LogP contribution in [-0.2, 0) is 11.3 Å². The van der Waals surface area contributed by atoms with Gasteiger partial charge in [-0.3, -0.25) is 0 Å². The molecular weight excluding hydrogens is 467 g/mol. The molecule has 6 nitrogen and oxygen atoms in total. The zero-order valence-electron chi connectivity index (χ0n) is 19.4. The van der Waals surface area contributed by atoms with Crippen molar-refractivity contribution in [3.63, 3.8) is 0 Å². The number of halogens is 1. The Kier molecular flexibility index (Phi) is 8.15. The van der Waals surface area contributed by atoms with Crippen molar-refractivity contribution in [3.8, 4) is 11.5 Å². The van der Waals surface area contributed by atoms with Crippen LogP contribution in [0.4, 0.5) is 9.52 Å². The van der Waals surface area contributed by atoms with Crippen LogP contribution in [0.5, 0.6) is 11.5 Å². The molecule has 8 heteroatoms. The quantitative estimate of drug-likeness (QED) is 0.238. The third-order valence-corrected chi connectivity index (χ3v) is 6.50. The minimum absolute atomic E-state index is 0.292. The first-order chi connectivity index (χ1) is 17.0. The highest BCUT2D eigenvalue weighted by Crippen LogP contribution is 2.30. The van der Waals surface area contributed by atoms with E-state index in [1.165, 1.54) is 12.1 Å². The Morgan fingerprint density at radius 3 is 2.63 bits per heavy atom. The van der Waals surface area contributed by atoms with E-state index in [0.29, 0.717) is 37.6 Å². The molecule has 0 aliphatic rings. The number of carbonyl (C=O) groups is 1. The Balaban J connectivity index is 1.47. The number of rotatable bonds is 12. The van der Waals surface area contributed by atoms with E-state index in [2.05, 4.69) is 11.0 Å². The lowest BCUT2D eigenvalue weighted by atomic mass is 10.2. The van der Waals surface area contributed by atoms with Gasteiger partial charge in [0.1, 0.15) is 17.3 Å². The first-order valence-corrected chi connectivity index (χ1v) is 12.3. The average Bonchev–Trinajstić information content (AvgIpc) is 3.30. The van der Waals surface area contributed by atoms with Gasteiger partial charge in [0, 0.05) is 13.1 Å². The summed E-state index contributed by atoms with van der Waals surface area (Å²) in [4.78, 5) is 18.4. The van der Waals surface area contributed by atoms with Gasteiger partial charge >= 0.3 is 5.97 Å². The summed E-state index contributed by atoms with van der Waals surface area (Å²) in [5.41, 5.74) is 1.94. The topological polar surface area (TPSA) is 71.9 Å². The van der Waals surface area contributed by atoms with Gasteiger partial charge in [0.15, 0.2) is 11.2 Å². The molecule has 4 rings (SSSR count). The van der Waals surface area contributed by atoms with E-state index in [1.54, 1.807) is 36.5 Å². The molecule has 1 aromatic heterocycles. The Labute approximate surface area is 207 Å². The van der Waals surface area contributed by atoms with E-state index in [4.69, 9.17) is 14.5 Å². The molecule has 0 saturated carbocycles. The molecule has 0 amide bonds. The molecule has 0 fully saturated rings. The first kappa shape index (κ1) is 24.5. The van der Waals surface area contributed by atoms with E-state index in [9.17, 15) is 14.3 Å². The zero-order chi connectivity index (χ0) is 24.6. The monoisotopic (exact) mass is 494 g/mol. The third kappa shape index (κ3) is 6.70. The maximum absolute atomic E-state index is 13.1. The van der Waals surface area contributed by atoms with Gasteiger partial charge in [-0.1, -0.05) is 42.5 Å². The number of benzene rings is 3. The second kappa shape index (κ2) is 11.7. The normalized spacial score (nSPS) is 11.8. The Bertz CT molecular complexity index is 1230. The van der Waals surface area contributed by atoms with Crippen molar-refractivity contribution in [1.29, 1.82) is 0 Å². The number of hydrogen-bond acceptors (Lipinski definition) is 6. The summed E-state index contributed by atoms with van der Waals surface area (Å²) in [6.07, 6.45) is 0.237. The highest BCUT2D eigenvalue weighted by Gasteiger charge is 2.18. The van der Waals surface area contributed by atoms with Crippen LogP contribution < -0.4 is 14.4 Å². The third-order valence-electron chi connectivity index (χ3n) is 5.40. The summed E-state index contributed by atoms with van der Waals surface area (Å²) in [5, 5.41) is 10.2. The predicted molar refractivity (Wildman–Crippen MR) is 136 cm³/mol. The number of aromatic nitrogens is 1. The molecule has 0 saturated heterocycles. The van der Waals surface area contributed by atoms with Crippen LogP contribution in [0.3, 0.4) is 0 Å². The van der Waals surface area contributed by atoms with E-state index in [1.807, 2.05) is 36.4 Å². The number of carboxylic acids is 1. The molecule has 0 radical (unpaired) electrons. The van der Waals surface area contributed by atoms with E-state index in [0.717, 1.165) is 27.3 Å². The number of fused-ring (bicyclic) bond motifs is 1. The molecule has 35 heavy (non-hydrogen) atoms. The van der Waals surface area contributed by atoms with Gasteiger partial charge in [-0.2, -0.15) is 0 Å². The maximum Gasteiger partial charge on any atom is 0.344 e. The van der Waals surface area contributed by atoms with Crippen LogP contribution in [0.25, 0.3) is 10.2 Å². The van der Waals surface area contributed by atoms with Crippen LogP contribution in [0, 0.1) is 5.82 Å². The summed E-state index contributed by atoms with van der Waals surface area (Å²) in [5.74, 6) is -0.110. The van der Waals surface area contributed by atoms with Crippen LogP contribution in [0.15, 0.2) is 72.8 Å². The smallest absolute Gasteiger partial charge is 0.344 e. The number of para-hydroxylation sites is 1. The highest BCUT2D eigenvalue weighted by atomic mass is 32.1. The van der Waals surface area contributed by atoms with Gasteiger partial charge in [0.05, 0.1) is 16.8 Å². The number of carboxylic acid groups (broad SMARTS) is 1. The van der Waals surface area contributed by atoms with Gasteiger partial charge in [-0.15, -0.1) is 0 Å². The Morgan fingerprint density at radius 2 is 1.89 bits per heavy atom. The molecule has 0 aliphatic heterocycles. The Morgan fingerprint density at radius 1 is 1.09 bits per heavy atom. The van der Waals surface area contributed by atoms with Gasteiger partial charge < -0.3 is 19.5 Å². The minimum atomic E-state index is -0.977. The van der Waals surface area contributed by atoms with Gasteiger partial charge in [0.2, 0.25) is 0 Å². The summed E-state index contributed by atoms with van der Waals surface area (Å²) in [6, 6.07) is 21.5. The molecule has 1 unspecified atom stereocenters. The van der Waals surface area contributed by atoms with Crippen LogP contribution in [-0.4, -0.2) is 35.3 Å². The lowest BCUT2D eigenvalue weighted by Crippen LogP contribution is -2.26. The number of hydrogen-bond donors (Lipinski definition) is 1. The molecule has 182 valence electrons. The van der Waals surface area contributed by atoms with Crippen molar-refractivity contribution >= 4 is 32.7 Å². The molecule has 1 heterocycles. The Hall–Kier alpha value is -3.65. The molecule has 1 N–H and O–H groups in total. The van der Waals surface area contributed by atoms with Gasteiger partial charge in [0.25, 0.3) is 0 Å². The fraction of sp³-hybridized carbons (Fsp3) is 0.259. The second-order valence-electron chi connectivity index (χ2n) is 8.04. The average molecular weight is 495 g/mol. The number of nitrogens with zero attached hydrogens (tertiary/aromatic N) is 2. The zero-order valence-corrected chi connectivity index (χ0v) is 20.2. The molecule has 0 aliphatic carbocycles. The summed E-state index contributed by atoms with van der Waals surface area (Å²) < 4.78 is 25.7. The molecule has 1 atom stereocenters. The summed E-state index contributed by atoms with van der Waals surface area (Å²) in [7, 11) is 0. The predicted octanol–water partition coefficient (Wildman–Crippen LogP) is 6.15. The number of anilines is 1. The molecular formula is C27H27FN2O4S. The van der Waals surface area contributed by atoms with Crippen LogP contribution >= 0.6 is 11.3 Å². The van der Waals surface area contributed by atoms with Crippen LogP contribution in [0.2, 0.25) is 0 Å². The van der Waals surface area contributed by atoms with Crippen molar-refractivity contribution in [3.05, 3.63) is 84.2 Å². The summed E-state index contributed by atoms with van der Waals surface area (Å²) >= 11 is 1.63. The largest absolute Gasteiger partial charge is 0.494 e. The van der Waals surface area contributed by atoms with Crippen molar-refractivity contribution in [2.24, 2.45) is 0 Å². The lowest BCUT2D eigenvalue weighted by molar-refractivity contribution is -0.145. The molecule has 3 aromatic carbocycles. The summed E-state index contributed by atoms with van der Waals surface area (Å²) in [6.45, 7) is 3.54. The van der Waals surface area contributed by atoms with E-state index in [-0.39, 0.29) is 5.82 Å². The number of thiazole rings is 1. The molecule has 0 spiro atoms. The molecule has 0 bridgehead atoms. The number of ether oxygens (including phenoxy) is 2. The first-order valence-electron chi connectivity index (χ1n) is 11.5.